The summed E-state index contributed by atoms with van der Waals surface area (Å²) in [4.78, 5) is 31.5. The number of benzene rings is 1. The molecule has 0 bridgehead atoms. The van der Waals surface area contributed by atoms with E-state index >= 15 is 0 Å². The van der Waals surface area contributed by atoms with Crippen LogP contribution in [-0.4, -0.2) is 35.3 Å². The van der Waals surface area contributed by atoms with E-state index in [1.54, 1.807) is 40.9 Å². The van der Waals surface area contributed by atoms with E-state index in [0.29, 0.717) is 23.8 Å². The number of aryl methyl sites for hydroxylation is 2. The lowest BCUT2D eigenvalue weighted by Crippen LogP contribution is -2.39. The summed E-state index contributed by atoms with van der Waals surface area (Å²) in [5.74, 6) is 0.712. The molecule has 140 valence electrons. The van der Waals surface area contributed by atoms with Gasteiger partial charge in [-0.25, -0.2) is 9.78 Å². The minimum atomic E-state index is -0.204. The minimum Gasteiger partial charge on any atom is -0.349 e. The van der Waals surface area contributed by atoms with Gasteiger partial charge in [0.05, 0.1) is 5.69 Å². The van der Waals surface area contributed by atoms with Gasteiger partial charge in [0.1, 0.15) is 5.03 Å². The highest BCUT2D eigenvalue weighted by atomic mass is 32.2. The summed E-state index contributed by atoms with van der Waals surface area (Å²) in [6.07, 6.45) is 2.09. The first kappa shape index (κ1) is 17.9. The van der Waals surface area contributed by atoms with E-state index < -0.39 is 0 Å². The van der Waals surface area contributed by atoms with Crippen molar-refractivity contribution in [1.29, 1.82) is 0 Å². The zero-order chi connectivity index (χ0) is 19.0. The van der Waals surface area contributed by atoms with E-state index in [4.69, 9.17) is 0 Å². The maximum absolute atomic E-state index is 12.9. The Morgan fingerprint density at radius 2 is 2.04 bits per heavy atom. The molecular weight excluding hydrogens is 360 g/mol. The molecule has 0 saturated heterocycles. The fourth-order valence-electron chi connectivity index (χ4n) is 3.20. The van der Waals surface area contributed by atoms with Gasteiger partial charge in [-0.1, -0.05) is 6.07 Å². The van der Waals surface area contributed by atoms with Crippen molar-refractivity contribution in [3.8, 4) is 0 Å². The fraction of sp³-hybridized carbons (Fsp3) is 0.350. The van der Waals surface area contributed by atoms with Crippen molar-refractivity contribution in [2.24, 2.45) is 0 Å². The van der Waals surface area contributed by atoms with Gasteiger partial charge in [-0.15, -0.1) is 11.8 Å². The lowest BCUT2D eigenvalue weighted by atomic mass is 10.2. The van der Waals surface area contributed by atoms with E-state index in [0.717, 1.165) is 40.6 Å². The largest absolute Gasteiger partial charge is 0.349 e. The molecule has 1 aliphatic heterocycles. The Morgan fingerprint density at radius 3 is 2.81 bits per heavy atom. The van der Waals surface area contributed by atoms with Crippen LogP contribution >= 0.6 is 11.8 Å². The van der Waals surface area contributed by atoms with Gasteiger partial charge in [-0.3, -0.25) is 9.69 Å². The number of amides is 3. The third-order valence-corrected chi connectivity index (χ3v) is 5.58. The molecule has 1 aliphatic carbocycles. The lowest BCUT2D eigenvalue weighted by molar-refractivity contribution is 0.0951. The number of urea groups is 1. The molecule has 2 aromatic rings. The highest BCUT2D eigenvalue weighted by Gasteiger charge is 2.27. The van der Waals surface area contributed by atoms with Crippen LogP contribution in [0.5, 0.6) is 0 Å². The molecule has 1 aromatic heterocycles. The monoisotopic (exact) mass is 382 g/mol. The van der Waals surface area contributed by atoms with E-state index in [-0.39, 0.29) is 11.9 Å². The zero-order valence-electron chi connectivity index (χ0n) is 15.4. The number of nitrogens with one attached hydrogen (secondary N) is 2. The molecule has 1 aromatic carbocycles. The quantitative estimate of drug-likeness (QED) is 0.848. The molecule has 4 rings (SSSR count). The van der Waals surface area contributed by atoms with Crippen LogP contribution in [0.3, 0.4) is 0 Å². The average Bonchev–Trinajstić information content (AvgIpc) is 3.45. The summed E-state index contributed by atoms with van der Waals surface area (Å²) < 4.78 is 0. The lowest BCUT2D eigenvalue weighted by Gasteiger charge is -2.30. The van der Waals surface area contributed by atoms with Gasteiger partial charge in [-0.05, 0) is 56.5 Å². The van der Waals surface area contributed by atoms with E-state index in [2.05, 4.69) is 15.6 Å². The van der Waals surface area contributed by atoms with Crippen molar-refractivity contribution >= 4 is 35.1 Å². The first-order valence-electron chi connectivity index (χ1n) is 9.12. The predicted molar refractivity (Wildman–Crippen MR) is 108 cm³/mol. The highest BCUT2D eigenvalue weighted by Crippen LogP contribution is 2.36. The molecule has 1 saturated carbocycles. The average molecular weight is 382 g/mol. The molecule has 1 fully saturated rings. The minimum absolute atomic E-state index is 0.0937. The van der Waals surface area contributed by atoms with Crippen LogP contribution < -0.4 is 15.5 Å². The number of fused-ring (bicyclic) bond motifs is 1. The maximum atomic E-state index is 12.9. The number of rotatable bonds is 3. The van der Waals surface area contributed by atoms with Crippen molar-refractivity contribution in [3.63, 3.8) is 0 Å². The SMILES string of the molecule is Cc1cc(C)c2c(n1)SCCN2C(=O)Nc1cccc(C(=O)NC2CC2)c1. The second-order valence-electron chi connectivity index (χ2n) is 6.99. The maximum Gasteiger partial charge on any atom is 0.326 e. The third kappa shape index (κ3) is 3.93. The van der Waals surface area contributed by atoms with Crippen molar-refractivity contribution in [2.75, 3.05) is 22.5 Å². The Hall–Kier alpha value is -2.54. The number of carbonyl (C=O) groups is 2. The van der Waals surface area contributed by atoms with Gasteiger partial charge < -0.3 is 10.6 Å². The Kier molecular flexibility index (Phi) is 4.78. The van der Waals surface area contributed by atoms with Crippen molar-refractivity contribution in [2.45, 2.75) is 37.8 Å². The molecule has 0 atom stereocenters. The van der Waals surface area contributed by atoms with Crippen molar-refractivity contribution in [1.82, 2.24) is 10.3 Å². The molecular formula is C20H22N4O2S. The van der Waals surface area contributed by atoms with Crippen LogP contribution in [0.4, 0.5) is 16.2 Å². The van der Waals surface area contributed by atoms with E-state index in [9.17, 15) is 9.59 Å². The van der Waals surface area contributed by atoms with Gasteiger partial charge in [0.2, 0.25) is 0 Å². The van der Waals surface area contributed by atoms with Crippen molar-refractivity contribution in [3.05, 3.63) is 47.2 Å². The topological polar surface area (TPSA) is 74.3 Å². The van der Waals surface area contributed by atoms with Crippen LogP contribution in [0.1, 0.15) is 34.5 Å². The van der Waals surface area contributed by atoms with Crippen LogP contribution in [0, 0.1) is 13.8 Å². The second kappa shape index (κ2) is 7.23. The van der Waals surface area contributed by atoms with Gasteiger partial charge in [0.15, 0.2) is 0 Å². The Labute approximate surface area is 162 Å². The number of nitrogens with zero attached hydrogens (tertiary/aromatic N) is 2. The van der Waals surface area contributed by atoms with Crippen LogP contribution in [0.25, 0.3) is 0 Å². The number of aromatic nitrogens is 1. The van der Waals surface area contributed by atoms with Gasteiger partial charge in [0.25, 0.3) is 5.91 Å². The van der Waals surface area contributed by atoms with Crippen molar-refractivity contribution < 1.29 is 9.59 Å². The third-order valence-electron chi connectivity index (χ3n) is 4.64. The highest BCUT2D eigenvalue weighted by molar-refractivity contribution is 7.99. The van der Waals surface area contributed by atoms with E-state index in [1.807, 2.05) is 19.9 Å². The zero-order valence-corrected chi connectivity index (χ0v) is 16.2. The Morgan fingerprint density at radius 1 is 1.22 bits per heavy atom. The van der Waals surface area contributed by atoms with Crippen LogP contribution in [0.15, 0.2) is 35.4 Å². The predicted octanol–water partition coefficient (Wildman–Crippen LogP) is 3.73. The molecule has 3 amide bonds. The molecule has 0 spiro atoms. The number of pyridine rings is 1. The standard InChI is InChI=1S/C20H22N4O2S/c1-12-10-13(2)21-19-17(12)24(8-9-27-19)20(26)23-16-5-3-4-14(11-16)18(25)22-15-6-7-15/h3-5,10-11,15H,6-9H2,1-2H3,(H,22,25)(H,23,26). The molecule has 2 N–H and O–H groups in total. The summed E-state index contributed by atoms with van der Waals surface area (Å²) in [5, 5.41) is 6.79. The summed E-state index contributed by atoms with van der Waals surface area (Å²) in [6, 6.07) is 9.15. The number of anilines is 2. The second-order valence-corrected chi connectivity index (χ2v) is 8.08. The number of thioether (sulfide) groups is 1. The molecule has 2 aliphatic rings. The molecule has 6 nitrogen and oxygen atoms in total. The molecule has 27 heavy (non-hydrogen) atoms. The Bertz CT molecular complexity index is 911. The smallest absolute Gasteiger partial charge is 0.326 e. The number of carbonyl (C=O) groups excluding carboxylic acids is 2. The molecule has 2 heterocycles. The van der Waals surface area contributed by atoms with Gasteiger partial charge in [-0.2, -0.15) is 0 Å². The van der Waals surface area contributed by atoms with Crippen LogP contribution in [0.2, 0.25) is 0 Å². The normalized spacial score (nSPS) is 15.9. The molecule has 7 heteroatoms. The summed E-state index contributed by atoms with van der Waals surface area (Å²) in [7, 11) is 0. The first-order chi connectivity index (χ1) is 13.0. The van der Waals surface area contributed by atoms with Gasteiger partial charge >= 0.3 is 6.03 Å². The molecule has 0 unspecified atom stereocenters. The summed E-state index contributed by atoms with van der Waals surface area (Å²) >= 11 is 1.68. The Balaban J connectivity index is 1.53. The fourth-order valence-corrected chi connectivity index (χ4v) is 4.28. The van der Waals surface area contributed by atoms with Gasteiger partial charge in [0, 0.05) is 35.3 Å². The first-order valence-corrected chi connectivity index (χ1v) is 10.1. The van der Waals surface area contributed by atoms with Crippen LogP contribution in [-0.2, 0) is 0 Å². The number of hydrogen-bond donors (Lipinski definition) is 2. The summed E-state index contributed by atoms with van der Waals surface area (Å²) in [6.45, 7) is 4.59. The molecule has 0 radical (unpaired) electrons. The number of hydrogen-bond acceptors (Lipinski definition) is 4. The summed E-state index contributed by atoms with van der Waals surface area (Å²) in [5.41, 5.74) is 4.04. The van der Waals surface area contributed by atoms with E-state index in [1.165, 1.54) is 0 Å².